The van der Waals surface area contributed by atoms with E-state index >= 15 is 0 Å². The summed E-state index contributed by atoms with van der Waals surface area (Å²) in [5.41, 5.74) is 3.14. The van der Waals surface area contributed by atoms with Gasteiger partial charge in [0, 0.05) is 0 Å². The molecule has 1 nitrogen and oxygen atoms in total. The predicted molar refractivity (Wildman–Crippen MR) is 85.1 cm³/mol. The van der Waals surface area contributed by atoms with Crippen molar-refractivity contribution in [1.29, 1.82) is 0 Å². The first kappa shape index (κ1) is 13.6. The summed E-state index contributed by atoms with van der Waals surface area (Å²) in [6.45, 7) is 10.3. The molecule has 0 saturated carbocycles. The fraction of sp³-hybridized carbons (Fsp3) is 0.467. The van der Waals surface area contributed by atoms with Gasteiger partial charge in [0.1, 0.15) is 8.24 Å². The highest BCUT2D eigenvalue weighted by atomic mass is 28.3. The highest BCUT2D eigenvalue weighted by Crippen LogP contribution is 2.41. The van der Waals surface area contributed by atoms with Crippen LogP contribution in [-0.2, 0) is 0 Å². The van der Waals surface area contributed by atoms with E-state index < -0.39 is 8.24 Å². The number of hydrogen-bond acceptors (Lipinski definition) is 1. The van der Waals surface area contributed by atoms with Crippen molar-refractivity contribution in [3.05, 3.63) is 41.4 Å². The van der Waals surface area contributed by atoms with Crippen molar-refractivity contribution in [1.82, 2.24) is 4.48 Å². The molecule has 0 atom stereocenters. The summed E-state index contributed by atoms with van der Waals surface area (Å²) in [6.07, 6.45) is 2.41. The van der Waals surface area contributed by atoms with Gasteiger partial charge >= 0.3 is 0 Å². The van der Waals surface area contributed by atoms with Crippen LogP contribution in [0, 0.1) is 0 Å². The average molecular weight is 257 g/mol. The van der Waals surface area contributed by atoms with Crippen LogP contribution in [0.3, 0.4) is 0 Å². The second-order valence-corrected chi connectivity index (χ2v) is 10.0. The Morgan fingerprint density at radius 3 is 2.22 bits per heavy atom. The van der Waals surface area contributed by atoms with E-state index in [-0.39, 0.29) is 0 Å². The van der Waals surface area contributed by atoms with Gasteiger partial charge in [-0.25, -0.2) is 0 Å². The molecule has 96 valence electrons. The molecule has 1 aliphatic heterocycles. The molecule has 0 radical (unpaired) electrons. The van der Waals surface area contributed by atoms with Gasteiger partial charge in [-0.1, -0.05) is 69.1 Å². The summed E-state index contributed by atoms with van der Waals surface area (Å²) in [5.74, 6) is 0. The molecular weight excluding hydrogens is 233 g/mol. The van der Waals surface area contributed by atoms with E-state index in [9.17, 15) is 0 Å². The van der Waals surface area contributed by atoms with Gasteiger partial charge in [-0.15, -0.1) is 0 Å². The van der Waals surface area contributed by atoms with Gasteiger partial charge in [-0.3, -0.25) is 0 Å². The van der Waals surface area contributed by atoms with Gasteiger partial charge in [-0.2, -0.15) is 0 Å². The maximum absolute atomic E-state index is 2.67. The molecule has 0 amide bonds. The van der Waals surface area contributed by atoms with Gasteiger partial charge in [-0.05, 0) is 24.2 Å². The molecule has 3 heteroatoms. The smallest absolute Gasteiger partial charge is 0.246 e. The summed E-state index contributed by atoms with van der Waals surface area (Å²) >= 11 is 0. The summed E-state index contributed by atoms with van der Waals surface area (Å²) in [5, 5.41) is 1.68. The molecule has 1 aromatic rings. The maximum Gasteiger partial charge on any atom is 0.246 e. The first-order valence-corrected chi connectivity index (χ1v) is 10.0. The van der Waals surface area contributed by atoms with E-state index in [4.69, 9.17) is 0 Å². The average Bonchev–Trinajstić information content (AvgIpc) is 2.57. The molecule has 0 aliphatic carbocycles. The lowest BCUT2D eigenvalue weighted by atomic mass is 9.52. The Labute approximate surface area is 113 Å². The van der Waals surface area contributed by atoms with Gasteiger partial charge in [0.15, 0.2) is 0 Å². The summed E-state index contributed by atoms with van der Waals surface area (Å²) < 4.78 is 2.67. The van der Waals surface area contributed by atoms with Crippen LogP contribution in [0.25, 0.3) is 5.20 Å². The minimum atomic E-state index is -1.47. The van der Waals surface area contributed by atoms with E-state index in [2.05, 4.69) is 68.8 Å². The van der Waals surface area contributed by atoms with Crippen LogP contribution in [0.15, 0.2) is 35.8 Å². The zero-order valence-electron chi connectivity index (χ0n) is 12.3. The van der Waals surface area contributed by atoms with Crippen LogP contribution in [0.2, 0.25) is 19.4 Å². The summed E-state index contributed by atoms with van der Waals surface area (Å²) in [4.78, 5) is 0. The van der Waals surface area contributed by atoms with Crippen molar-refractivity contribution >= 4 is 20.3 Å². The van der Waals surface area contributed by atoms with Gasteiger partial charge in [0.2, 0.25) is 6.85 Å². The number of rotatable bonds is 3. The SMILES string of the molecule is CCB1C(CC)=C(c2ccccc2)[Si](C)(C)N1C. The Bertz CT molecular complexity index is 453. The normalized spacial score (nSPS) is 19.7. The largest absolute Gasteiger partial charge is 0.360 e. The van der Waals surface area contributed by atoms with E-state index in [1.807, 2.05) is 0 Å². The van der Waals surface area contributed by atoms with Crippen LogP contribution >= 0.6 is 0 Å². The van der Waals surface area contributed by atoms with E-state index in [1.54, 1.807) is 10.7 Å². The number of hydrogen-bond donors (Lipinski definition) is 0. The molecule has 0 unspecified atom stereocenters. The third kappa shape index (κ3) is 2.00. The van der Waals surface area contributed by atoms with E-state index in [1.165, 1.54) is 18.3 Å². The zero-order valence-corrected chi connectivity index (χ0v) is 13.3. The Kier molecular flexibility index (Phi) is 3.83. The molecule has 18 heavy (non-hydrogen) atoms. The third-order valence-corrected chi connectivity index (χ3v) is 8.42. The molecule has 1 heterocycles. The Morgan fingerprint density at radius 1 is 1.11 bits per heavy atom. The topological polar surface area (TPSA) is 3.24 Å². The molecule has 0 N–H and O–H groups in total. The van der Waals surface area contributed by atoms with Gasteiger partial charge in [0.05, 0.1) is 0 Å². The summed E-state index contributed by atoms with van der Waals surface area (Å²) in [7, 11) is 0.856. The molecule has 0 aromatic heterocycles. The Hall–Kier alpha value is -0.798. The van der Waals surface area contributed by atoms with Gasteiger partial charge in [0.25, 0.3) is 0 Å². The summed E-state index contributed by atoms with van der Waals surface area (Å²) in [6, 6.07) is 11.0. The standard InChI is InChI=1S/C15H24BNSi/c1-6-14-15(13-11-9-8-10-12-13)18(4,5)17(3)16(14)7-2/h8-12H,6-7H2,1-5H3. The van der Waals surface area contributed by atoms with Crippen LogP contribution in [0.4, 0.5) is 0 Å². The first-order chi connectivity index (χ1) is 8.54. The van der Waals surface area contributed by atoms with Crippen molar-refractivity contribution in [3.8, 4) is 0 Å². The Morgan fingerprint density at radius 2 is 1.72 bits per heavy atom. The van der Waals surface area contributed by atoms with E-state index in [0.29, 0.717) is 6.85 Å². The lowest BCUT2D eigenvalue weighted by molar-refractivity contribution is 0.792. The van der Waals surface area contributed by atoms with Crippen molar-refractivity contribution in [2.45, 2.75) is 39.7 Å². The highest BCUT2D eigenvalue weighted by Gasteiger charge is 2.46. The molecule has 2 rings (SSSR count). The third-order valence-electron chi connectivity index (χ3n) is 4.51. The molecule has 1 aliphatic rings. The van der Waals surface area contributed by atoms with Crippen molar-refractivity contribution in [2.24, 2.45) is 0 Å². The van der Waals surface area contributed by atoms with Crippen LogP contribution < -0.4 is 0 Å². The molecule has 0 bridgehead atoms. The minimum absolute atomic E-state index is 0.659. The van der Waals surface area contributed by atoms with E-state index in [0.717, 1.165) is 0 Å². The lowest BCUT2D eigenvalue weighted by Crippen LogP contribution is -2.49. The zero-order chi connectivity index (χ0) is 13.3. The van der Waals surface area contributed by atoms with Crippen LogP contribution in [0.1, 0.15) is 25.8 Å². The van der Waals surface area contributed by atoms with Crippen molar-refractivity contribution < 1.29 is 0 Å². The fourth-order valence-electron chi connectivity index (χ4n) is 3.44. The second-order valence-electron chi connectivity index (χ2n) is 5.71. The number of nitrogens with zero attached hydrogens (tertiary/aromatic N) is 1. The predicted octanol–water partition coefficient (Wildman–Crippen LogP) is 4.09. The molecule has 0 spiro atoms. The first-order valence-electron chi connectivity index (χ1n) is 7.05. The van der Waals surface area contributed by atoms with Crippen LogP contribution in [-0.4, -0.2) is 26.6 Å². The highest BCUT2D eigenvalue weighted by molar-refractivity contribution is 7.04. The molecule has 0 fully saturated rings. The molecular formula is C15H24BNSi. The Balaban J connectivity index is 2.59. The quantitative estimate of drug-likeness (QED) is 0.737. The van der Waals surface area contributed by atoms with Crippen molar-refractivity contribution in [3.63, 3.8) is 0 Å². The van der Waals surface area contributed by atoms with Crippen molar-refractivity contribution in [2.75, 3.05) is 7.05 Å². The molecule has 1 aromatic carbocycles. The van der Waals surface area contributed by atoms with Crippen LogP contribution in [0.5, 0.6) is 0 Å². The monoisotopic (exact) mass is 257 g/mol. The lowest BCUT2D eigenvalue weighted by Gasteiger charge is -2.32. The molecule has 0 saturated heterocycles. The van der Waals surface area contributed by atoms with Gasteiger partial charge < -0.3 is 4.48 Å². The fourth-order valence-corrected chi connectivity index (χ4v) is 6.91. The minimum Gasteiger partial charge on any atom is -0.360 e. The number of benzene rings is 1. The second kappa shape index (κ2) is 5.06. The number of allylic oxidation sites excluding steroid dienone is 1. The maximum atomic E-state index is 2.67.